The van der Waals surface area contributed by atoms with Gasteiger partial charge in [0.2, 0.25) is 10.0 Å². The summed E-state index contributed by atoms with van der Waals surface area (Å²) in [6, 6.07) is 9.89. The van der Waals surface area contributed by atoms with E-state index in [0.29, 0.717) is 6.54 Å². The Morgan fingerprint density at radius 2 is 1.92 bits per heavy atom. The van der Waals surface area contributed by atoms with Crippen LogP contribution in [0.15, 0.2) is 41.1 Å². The number of aryl methyl sites for hydroxylation is 1. The summed E-state index contributed by atoms with van der Waals surface area (Å²) in [5, 5.41) is 4.20. The first-order valence-electron chi connectivity index (χ1n) is 8.83. The number of hydrogen-bond acceptors (Lipinski definition) is 4. The van der Waals surface area contributed by atoms with Crippen molar-refractivity contribution in [3.8, 4) is 0 Å². The molecule has 1 aromatic heterocycles. The normalized spacial score (nSPS) is 17.5. The number of nitrogens with one attached hydrogen (secondary N) is 1. The molecular formula is C19H26N2O2S2. The lowest BCUT2D eigenvalue weighted by Gasteiger charge is -2.34. The quantitative estimate of drug-likeness (QED) is 0.799. The van der Waals surface area contributed by atoms with Gasteiger partial charge >= 0.3 is 0 Å². The highest BCUT2D eigenvalue weighted by molar-refractivity contribution is 7.88. The van der Waals surface area contributed by atoms with Crippen molar-refractivity contribution in [2.45, 2.75) is 38.0 Å². The van der Waals surface area contributed by atoms with Crippen molar-refractivity contribution in [2.24, 2.45) is 0 Å². The van der Waals surface area contributed by atoms with E-state index < -0.39 is 10.0 Å². The van der Waals surface area contributed by atoms with E-state index in [-0.39, 0.29) is 11.8 Å². The van der Waals surface area contributed by atoms with Crippen molar-refractivity contribution >= 4 is 21.4 Å². The van der Waals surface area contributed by atoms with Crippen molar-refractivity contribution < 1.29 is 8.42 Å². The molecule has 1 unspecified atom stereocenters. The van der Waals surface area contributed by atoms with Crippen LogP contribution in [0.4, 0.5) is 0 Å². The topological polar surface area (TPSA) is 49.4 Å². The van der Waals surface area contributed by atoms with Gasteiger partial charge < -0.3 is 0 Å². The van der Waals surface area contributed by atoms with Crippen molar-refractivity contribution in [1.29, 1.82) is 0 Å². The Bertz CT molecular complexity index is 766. The van der Waals surface area contributed by atoms with E-state index >= 15 is 0 Å². The molecule has 0 saturated carbocycles. The fourth-order valence-corrected chi connectivity index (χ4v) is 5.34. The summed E-state index contributed by atoms with van der Waals surface area (Å²) in [5.74, 6) is 0.0377. The second-order valence-electron chi connectivity index (χ2n) is 6.70. The van der Waals surface area contributed by atoms with Gasteiger partial charge in [-0.3, -0.25) is 4.90 Å². The number of thiophene rings is 1. The fraction of sp³-hybridized carbons (Fsp3) is 0.474. The summed E-state index contributed by atoms with van der Waals surface area (Å²) >= 11 is 1.67. The van der Waals surface area contributed by atoms with Gasteiger partial charge in [0.15, 0.2) is 0 Å². The van der Waals surface area contributed by atoms with Gasteiger partial charge in [0, 0.05) is 12.6 Å². The van der Waals surface area contributed by atoms with Crippen LogP contribution in [-0.4, -0.2) is 33.0 Å². The van der Waals surface area contributed by atoms with Crippen molar-refractivity contribution in [3.63, 3.8) is 0 Å². The molecule has 1 atom stereocenters. The predicted octanol–water partition coefficient (Wildman–Crippen LogP) is 3.70. The molecule has 1 fully saturated rings. The maximum Gasteiger partial charge on any atom is 0.215 e. The molecule has 1 aliphatic rings. The summed E-state index contributed by atoms with van der Waals surface area (Å²) in [7, 11) is -3.36. The second kappa shape index (κ2) is 8.45. The summed E-state index contributed by atoms with van der Waals surface area (Å²) in [5.41, 5.74) is 3.09. The van der Waals surface area contributed by atoms with Gasteiger partial charge in [-0.25, -0.2) is 13.1 Å². The van der Waals surface area contributed by atoms with E-state index in [1.807, 2.05) is 31.2 Å². The average molecular weight is 379 g/mol. The van der Waals surface area contributed by atoms with Crippen LogP contribution in [0.2, 0.25) is 0 Å². The van der Waals surface area contributed by atoms with Gasteiger partial charge in [-0.2, -0.15) is 11.3 Å². The van der Waals surface area contributed by atoms with Crippen LogP contribution in [-0.2, 0) is 15.8 Å². The lowest BCUT2D eigenvalue weighted by Crippen LogP contribution is -2.40. The van der Waals surface area contributed by atoms with Crippen LogP contribution >= 0.6 is 11.3 Å². The Kier molecular flexibility index (Phi) is 6.28. The number of rotatable bonds is 7. The van der Waals surface area contributed by atoms with E-state index in [4.69, 9.17) is 0 Å². The lowest BCUT2D eigenvalue weighted by atomic mass is 10.0. The van der Waals surface area contributed by atoms with Crippen LogP contribution in [0.1, 0.15) is 42.0 Å². The van der Waals surface area contributed by atoms with Crippen LogP contribution in [0.5, 0.6) is 0 Å². The molecule has 136 valence electrons. The fourth-order valence-electron chi connectivity index (χ4n) is 3.39. The van der Waals surface area contributed by atoms with Crippen LogP contribution in [0.3, 0.4) is 0 Å². The van der Waals surface area contributed by atoms with Crippen molar-refractivity contribution in [2.75, 3.05) is 19.6 Å². The van der Waals surface area contributed by atoms with Crippen LogP contribution < -0.4 is 4.72 Å². The number of hydrogen-bond donors (Lipinski definition) is 1. The first-order chi connectivity index (χ1) is 12.1. The Balaban J connectivity index is 1.68. The summed E-state index contributed by atoms with van der Waals surface area (Å²) in [6.07, 6.45) is 3.65. The SMILES string of the molecule is Cc1ccccc1CS(=O)(=O)NCC(c1ccsc1)N1CCCCC1. The zero-order chi connectivity index (χ0) is 17.7. The molecule has 0 aliphatic carbocycles. The van der Waals surface area contributed by atoms with Gasteiger partial charge in [0.05, 0.1) is 5.75 Å². The third-order valence-corrected chi connectivity index (χ3v) is 6.86. The van der Waals surface area contributed by atoms with Gasteiger partial charge in [-0.15, -0.1) is 0 Å². The second-order valence-corrected chi connectivity index (χ2v) is 9.29. The molecule has 6 heteroatoms. The number of piperidine rings is 1. The Labute approximate surface area is 154 Å². The summed E-state index contributed by atoms with van der Waals surface area (Å²) < 4.78 is 28.0. The smallest absolute Gasteiger partial charge is 0.215 e. The van der Waals surface area contributed by atoms with Gasteiger partial charge in [0.25, 0.3) is 0 Å². The molecule has 0 amide bonds. The molecule has 1 aromatic carbocycles. The highest BCUT2D eigenvalue weighted by atomic mass is 32.2. The Morgan fingerprint density at radius 3 is 2.60 bits per heavy atom. The third kappa shape index (κ3) is 5.14. The first kappa shape index (κ1) is 18.6. The molecule has 0 bridgehead atoms. The molecule has 4 nitrogen and oxygen atoms in total. The maximum absolute atomic E-state index is 12.6. The van der Waals surface area contributed by atoms with Crippen LogP contribution in [0.25, 0.3) is 0 Å². The van der Waals surface area contributed by atoms with E-state index in [0.717, 1.165) is 24.2 Å². The molecule has 0 spiro atoms. The number of nitrogens with zero attached hydrogens (tertiary/aromatic N) is 1. The number of sulfonamides is 1. The molecule has 0 radical (unpaired) electrons. The number of benzene rings is 1. The zero-order valence-electron chi connectivity index (χ0n) is 14.6. The van der Waals surface area contributed by atoms with E-state index in [1.165, 1.54) is 24.8 Å². The molecule has 1 N–H and O–H groups in total. The molecule has 2 heterocycles. The summed E-state index contributed by atoms with van der Waals surface area (Å²) in [6.45, 7) is 4.47. The molecule has 2 aromatic rings. The molecular weight excluding hydrogens is 352 g/mol. The van der Waals surface area contributed by atoms with Gasteiger partial charge in [-0.05, 0) is 66.4 Å². The minimum absolute atomic E-state index is 0.0377. The minimum Gasteiger partial charge on any atom is -0.295 e. The third-order valence-electron chi connectivity index (χ3n) is 4.86. The lowest BCUT2D eigenvalue weighted by molar-refractivity contribution is 0.165. The van der Waals surface area contributed by atoms with Crippen molar-refractivity contribution in [3.05, 3.63) is 57.8 Å². The Morgan fingerprint density at radius 1 is 1.16 bits per heavy atom. The number of likely N-dealkylation sites (tertiary alicyclic amines) is 1. The van der Waals surface area contributed by atoms with E-state index in [1.54, 1.807) is 11.3 Å². The molecule has 1 saturated heterocycles. The van der Waals surface area contributed by atoms with E-state index in [9.17, 15) is 8.42 Å². The highest BCUT2D eigenvalue weighted by Gasteiger charge is 2.24. The highest BCUT2D eigenvalue weighted by Crippen LogP contribution is 2.26. The largest absolute Gasteiger partial charge is 0.295 e. The molecule has 1 aliphatic heterocycles. The van der Waals surface area contributed by atoms with Gasteiger partial charge in [0.1, 0.15) is 0 Å². The zero-order valence-corrected chi connectivity index (χ0v) is 16.3. The predicted molar refractivity (Wildman–Crippen MR) is 104 cm³/mol. The first-order valence-corrected chi connectivity index (χ1v) is 11.4. The molecule has 25 heavy (non-hydrogen) atoms. The maximum atomic E-state index is 12.6. The average Bonchev–Trinajstić information content (AvgIpc) is 3.12. The van der Waals surface area contributed by atoms with E-state index in [2.05, 4.69) is 26.4 Å². The minimum atomic E-state index is -3.36. The monoisotopic (exact) mass is 378 g/mol. The standard InChI is InChI=1S/C19H26N2O2S2/c1-16-7-3-4-8-18(16)15-25(22,23)20-13-19(17-9-12-24-14-17)21-10-5-2-6-11-21/h3-4,7-9,12,14,19-20H,2,5-6,10-11,13,15H2,1H3. The Hall–Kier alpha value is -1.21. The summed E-state index contributed by atoms with van der Waals surface area (Å²) in [4.78, 5) is 2.42. The van der Waals surface area contributed by atoms with Gasteiger partial charge in [-0.1, -0.05) is 30.7 Å². The molecule has 3 rings (SSSR count). The van der Waals surface area contributed by atoms with Crippen LogP contribution in [0, 0.1) is 6.92 Å². The van der Waals surface area contributed by atoms with Crippen molar-refractivity contribution in [1.82, 2.24) is 9.62 Å².